The molecule has 26 heavy (non-hydrogen) atoms. The summed E-state index contributed by atoms with van der Waals surface area (Å²) in [4.78, 5) is 23.7. The summed E-state index contributed by atoms with van der Waals surface area (Å²) >= 11 is 3.45. The second-order valence-corrected chi connectivity index (χ2v) is 6.38. The molecule has 1 atom stereocenters. The van der Waals surface area contributed by atoms with Gasteiger partial charge in [-0.15, -0.1) is 0 Å². The lowest BCUT2D eigenvalue weighted by Crippen LogP contribution is -2.31. The van der Waals surface area contributed by atoms with Gasteiger partial charge in [-0.3, -0.25) is 4.79 Å². The molecule has 2 aromatic carbocycles. The van der Waals surface area contributed by atoms with E-state index in [0.29, 0.717) is 0 Å². The number of carbonyl (C=O) groups is 2. The van der Waals surface area contributed by atoms with Crippen molar-refractivity contribution < 1.29 is 19.1 Å². The molecule has 0 spiro atoms. The van der Waals surface area contributed by atoms with Crippen molar-refractivity contribution in [1.29, 1.82) is 0 Å². The van der Waals surface area contributed by atoms with Gasteiger partial charge in [0.05, 0.1) is 13.2 Å². The summed E-state index contributed by atoms with van der Waals surface area (Å²) in [6.45, 7) is 1.53. The predicted octanol–water partition coefficient (Wildman–Crippen LogP) is 3.89. The Labute approximate surface area is 161 Å². The molecular formula is C20H20BrNO4. The molecule has 5 nitrogen and oxygen atoms in total. The largest absolute Gasteiger partial charge is 0.497 e. The fraction of sp³-hybridized carbons (Fsp3) is 0.200. The molecule has 0 fully saturated rings. The monoisotopic (exact) mass is 417 g/mol. The highest BCUT2D eigenvalue weighted by atomic mass is 79.9. The van der Waals surface area contributed by atoms with Gasteiger partial charge in [0.25, 0.3) is 5.91 Å². The number of nitrogens with one attached hydrogen (secondary N) is 1. The Hall–Kier alpha value is -2.60. The first kappa shape index (κ1) is 19.7. The Morgan fingerprint density at radius 3 is 2.50 bits per heavy atom. The maximum atomic E-state index is 11.9. The molecule has 1 amide bonds. The highest BCUT2D eigenvalue weighted by Crippen LogP contribution is 2.22. The van der Waals surface area contributed by atoms with Gasteiger partial charge >= 0.3 is 5.97 Å². The normalized spacial score (nSPS) is 11.8. The molecule has 0 aliphatic rings. The number of carbonyl (C=O) groups excluding carboxylic acids is 2. The Balaban J connectivity index is 1.80. The van der Waals surface area contributed by atoms with Gasteiger partial charge < -0.3 is 14.8 Å². The van der Waals surface area contributed by atoms with Gasteiger partial charge in [-0.25, -0.2) is 4.79 Å². The summed E-state index contributed by atoms with van der Waals surface area (Å²) in [5.41, 5.74) is 1.78. The van der Waals surface area contributed by atoms with Gasteiger partial charge in [0, 0.05) is 10.5 Å². The number of rotatable bonds is 7. The summed E-state index contributed by atoms with van der Waals surface area (Å²) in [6.07, 6.45) is 2.90. The van der Waals surface area contributed by atoms with Crippen molar-refractivity contribution >= 4 is 33.9 Å². The average molecular weight is 418 g/mol. The zero-order valence-corrected chi connectivity index (χ0v) is 16.2. The molecule has 0 radical (unpaired) electrons. The van der Waals surface area contributed by atoms with Crippen molar-refractivity contribution in [1.82, 2.24) is 5.32 Å². The Kier molecular flexibility index (Phi) is 7.41. The minimum absolute atomic E-state index is 0.202. The highest BCUT2D eigenvalue weighted by Gasteiger charge is 2.13. The van der Waals surface area contributed by atoms with Crippen molar-refractivity contribution in [2.45, 2.75) is 13.0 Å². The second-order valence-electron chi connectivity index (χ2n) is 5.52. The summed E-state index contributed by atoms with van der Waals surface area (Å²) < 4.78 is 10.9. The average Bonchev–Trinajstić information content (AvgIpc) is 2.65. The van der Waals surface area contributed by atoms with Crippen LogP contribution in [0.3, 0.4) is 0 Å². The quantitative estimate of drug-likeness (QED) is 0.548. The number of methoxy groups -OCH3 is 1. The third-order valence-corrected chi connectivity index (χ3v) is 4.34. The summed E-state index contributed by atoms with van der Waals surface area (Å²) in [5.74, 6) is -0.204. The topological polar surface area (TPSA) is 64.6 Å². The zero-order chi connectivity index (χ0) is 18.9. The van der Waals surface area contributed by atoms with E-state index in [4.69, 9.17) is 9.47 Å². The molecule has 6 heteroatoms. The van der Waals surface area contributed by atoms with E-state index in [9.17, 15) is 9.59 Å². The summed E-state index contributed by atoms with van der Waals surface area (Å²) in [5, 5.41) is 2.79. The minimum Gasteiger partial charge on any atom is -0.497 e. The summed E-state index contributed by atoms with van der Waals surface area (Å²) in [6, 6.07) is 14.6. The third kappa shape index (κ3) is 6.04. The van der Waals surface area contributed by atoms with E-state index < -0.39 is 5.97 Å². The molecule has 0 unspecified atom stereocenters. The van der Waals surface area contributed by atoms with E-state index in [1.165, 1.54) is 6.08 Å². The number of hydrogen-bond donors (Lipinski definition) is 1. The number of hydrogen-bond acceptors (Lipinski definition) is 4. The Morgan fingerprint density at radius 2 is 1.85 bits per heavy atom. The van der Waals surface area contributed by atoms with Crippen LogP contribution >= 0.6 is 15.9 Å². The molecule has 0 saturated carbocycles. The molecule has 0 aliphatic heterocycles. The third-order valence-electron chi connectivity index (χ3n) is 3.62. The van der Waals surface area contributed by atoms with Gasteiger partial charge in [-0.2, -0.15) is 0 Å². The van der Waals surface area contributed by atoms with E-state index in [2.05, 4.69) is 21.2 Å². The van der Waals surface area contributed by atoms with Crippen LogP contribution in [-0.2, 0) is 14.3 Å². The van der Waals surface area contributed by atoms with Crippen molar-refractivity contribution in [2.75, 3.05) is 13.7 Å². The molecular weight excluding hydrogens is 398 g/mol. The van der Waals surface area contributed by atoms with Crippen molar-refractivity contribution in [3.8, 4) is 5.75 Å². The van der Waals surface area contributed by atoms with Crippen LogP contribution in [-0.4, -0.2) is 25.6 Å². The number of esters is 1. The fourth-order valence-corrected chi connectivity index (χ4v) is 2.88. The van der Waals surface area contributed by atoms with Crippen molar-refractivity contribution in [2.24, 2.45) is 0 Å². The van der Waals surface area contributed by atoms with Gasteiger partial charge in [-0.1, -0.05) is 46.3 Å². The van der Waals surface area contributed by atoms with Crippen LogP contribution in [0.4, 0.5) is 0 Å². The van der Waals surface area contributed by atoms with E-state index in [1.807, 2.05) is 43.3 Å². The number of halogens is 1. The molecule has 0 bridgehead atoms. The molecule has 0 heterocycles. The van der Waals surface area contributed by atoms with Crippen LogP contribution in [0.2, 0.25) is 0 Å². The van der Waals surface area contributed by atoms with E-state index >= 15 is 0 Å². The first-order valence-corrected chi connectivity index (χ1v) is 8.81. The lowest BCUT2D eigenvalue weighted by atomic mass is 10.1. The van der Waals surface area contributed by atoms with E-state index in [-0.39, 0.29) is 18.6 Å². The maximum Gasteiger partial charge on any atom is 0.331 e. The molecule has 2 rings (SSSR count). The molecule has 2 aromatic rings. The second kappa shape index (κ2) is 9.77. The van der Waals surface area contributed by atoms with Gasteiger partial charge in [-0.05, 0) is 42.3 Å². The molecule has 136 valence electrons. The van der Waals surface area contributed by atoms with Crippen LogP contribution in [0.5, 0.6) is 5.75 Å². The standard InChI is InChI=1S/C20H20BrNO4/c1-14(17-5-3-4-6-18(17)21)22-19(23)13-26-20(24)12-9-15-7-10-16(25-2)11-8-15/h3-12,14H,13H2,1-2H3,(H,22,23)/b12-9+/t14-/m1/s1. The first-order chi connectivity index (χ1) is 12.5. The molecule has 1 N–H and O–H groups in total. The first-order valence-electron chi connectivity index (χ1n) is 8.02. The Bertz CT molecular complexity index is 787. The molecule has 0 saturated heterocycles. The highest BCUT2D eigenvalue weighted by molar-refractivity contribution is 9.10. The molecule has 0 aliphatic carbocycles. The van der Waals surface area contributed by atoms with Gasteiger partial charge in [0.15, 0.2) is 6.61 Å². The van der Waals surface area contributed by atoms with E-state index in [1.54, 1.807) is 25.3 Å². The lowest BCUT2D eigenvalue weighted by Gasteiger charge is -2.15. The van der Waals surface area contributed by atoms with Crippen molar-refractivity contribution in [3.63, 3.8) is 0 Å². The van der Waals surface area contributed by atoms with Crippen LogP contribution in [0.1, 0.15) is 24.1 Å². The maximum absolute atomic E-state index is 11.9. The Morgan fingerprint density at radius 1 is 1.15 bits per heavy atom. The smallest absolute Gasteiger partial charge is 0.331 e. The number of amides is 1. The van der Waals surface area contributed by atoms with Gasteiger partial charge in [0.1, 0.15) is 5.75 Å². The number of ether oxygens (including phenoxy) is 2. The predicted molar refractivity (Wildman–Crippen MR) is 104 cm³/mol. The van der Waals surface area contributed by atoms with Crippen LogP contribution < -0.4 is 10.1 Å². The van der Waals surface area contributed by atoms with E-state index in [0.717, 1.165) is 21.3 Å². The number of benzene rings is 2. The van der Waals surface area contributed by atoms with Crippen LogP contribution in [0, 0.1) is 0 Å². The fourth-order valence-electron chi connectivity index (χ4n) is 2.25. The van der Waals surface area contributed by atoms with Crippen LogP contribution in [0.15, 0.2) is 59.1 Å². The van der Waals surface area contributed by atoms with Crippen molar-refractivity contribution in [3.05, 3.63) is 70.2 Å². The molecule has 0 aromatic heterocycles. The lowest BCUT2D eigenvalue weighted by molar-refractivity contribution is -0.144. The minimum atomic E-state index is -0.579. The SMILES string of the molecule is COc1ccc(/C=C/C(=O)OCC(=O)N[C@H](C)c2ccccc2Br)cc1. The zero-order valence-electron chi connectivity index (χ0n) is 14.6. The van der Waals surface area contributed by atoms with Gasteiger partial charge in [0.2, 0.25) is 0 Å². The summed E-state index contributed by atoms with van der Waals surface area (Å²) in [7, 11) is 1.59. The van der Waals surface area contributed by atoms with Crippen LogP contribution in [0.25, 0.3) is 6.08 Å².